The molecule has 17 heavy (non-hydrogen) atoms. The monoisotopic (exact) mass is 255 g/mol. The molecule has 94 valence electrons. The molecule has 0 spiro atoms. The van der Waals surface area contributed by atoms with Gasteiger partial charge in [0.25, 0.3) is 0 Å². The summed E-state index contributed by atoms with van der Waals surface area (Å²) in [5, 5.41) is 0.499. The number of hydrogen-bond donors (Lipinski definition) is 1. The van der Waals surface area contributed by atoms with Crippen LogP contribution in [0.15, 0.2) is 12.1 Å². The van der Waals surface area contributed by atoms with Crippen LogP contribution in [0.3, 0.4) is 0 Å². The zero-order chi connectivity index (χ0) is 12.4. The van der Waals surface area contributed by atoms with E-state index in [1.807, 2.05) is 12.1 Å². The molecule has 0 aromatic heterocycles. The molecule has 1 aliphatic rings. The number of hydrogen-bond acceptors (Lipinski definition) is 3. The number of halogens is 1. The van der Waals surface area contributed by atoms with Gasteiger partial charge in [-0.05, 0) is 24.5 Å². The number of benzene rings is 1. The van der Waals surface area contributed by atoms with E-state index in [-0.39, 0.29) is 6.04 Å². The first kappa shape index (κ1) is 12.5. The van der Waals surface area contributed by atoms with E-state index in [1.54, 1.807) is 14.2 Å². The van der Waals surface area contributed by atoms with Crippen LogP contribution in [0, 0.1) is 5.92 Å². The molecule has 1 aromatic carbocycles. The summed E-state index contributed by atoms with van der Waals surface area (Å²) in [5.74, 6) is 2.03. The van der Waals surface area contributed by atoms with Crippen LogP contribution in [-0.2, 0) is 0 Å². The van der Waals surface area contributed by atoms with Gasteiger partial charge in [-0.25, -0.2) is 0 Å². The minimum atomic E-state index is -0.0131. The molecule has 1 unspecified atom stereocenters. The van der Waals surface area contributed by atoms with Gasteiger partial charge in [0.1, 0.15) is 16.5 Å². The van der Waals surface area contributed by atoms with Crippen molar-refractivity contribution in [1.82, 2.24) is 0 Å². The van der Waals surface area contributed by atoms with Gasteiger partial charge in [-0.1, -0.05) is 24.4 Å². The van der Waals surface area contributed by atoms with E-state index < -0.39 is 0 Å². The lowest BCUT2D eigenvalue weighted by atomic mass is 10.0. The third kappa shape index (κ3) is 2.67. The van der Waals surface area contributed by atoms with Crippen molar-refractivity contribution < 1.29 is 9.47 Å². The second kappa shape index (κ2) is 5.15. The van der Waals surface area contributed by atoms with Gasteiger partial charge in [-0.15, -0.1) is 0 Å². The molecule has 0 heterocycles. The van der Waals surface area contributed by atoms with Crippen molar-refractivity contribution in [3.05, 3.63) is 22.7 Å². The SMILES string of the molecule is COc1ccc(C(N)CC2CC2)c(OC)c1Cl. The molecule has 2 rings (SSSR count). The highest BCUT2D eigenvalue weighted by Crippen LogP contribution is 2.43. The van der Waals surface area contributed by atoms with Crippen LogP contribution in [0.25, 0.3) is 0 Å². The Morgan fingerprint density at radius 3 is 2.59 bits per heavy atom. The van der Waals surface area contributed by atoms with Crippen molar-refractivity contribution in [1.29, 1.82) is 0 Å². The minimum Gasteiger partial charge on any atom is -0.495 e. The van der Waals surface area contributed by atoms with E-state index in [4.69, 9.17) is 26.8 Å². The van der Waals surface area contributed by atoms with Crippen molar-refractivity contribution in [3.8, 4) is 11.5 Å². The molecule has 2 N–H and O–H groups in total. The smallest absolute Gasteiger partial charge is 0.146 e. The van der Waals surface area contributed by atoms with Gasteiger partial charge in [0.05, 0.1) is 14.2 Å². The van der Waals surface area contributed by atoms with Crippen LogP contribution in [0.2, 0.25) is 5.02 Å². The van der Waals surface area contributed by atoms with Crippen molar-refractivity contribution in [2.45, 2.75) is 25.3 Å². The highest BCUT2D eigenvalue weighted by Gasteiger charge is 2.26. The standard InChI is InChI=1S/C13H18ClNO2/c1-16-11-6-5-9(13(17-2)12(11)14)10(15)7-8-3-4-8/h5-6,8,10H,3-4,7,15H2,1-2H3. The fraction of sp³-hybridized carbons (Fsp3) is 0.538. The summed E-state index contributed by atoms with van der Waals surface area (Å²) < 4.78 is 10.5. The van der Waals surface area contributed by atoms with Crippen LogP contribution in [0.5, 0.6) is 11.5 Å². The molecule has 0 saturated heterocycles. The van der Waals surface area contributed by atoms with Crippen LogP contribution in [0.1, 0.15) is 30.9 Å². The Morgan fingerprint density at radius 2 is 2.06 bits per heavy atom. The molecule has 4 heteroatoms. The molecule has 1 fully saturated rings. The fourth-order valence-electron chi connectivity index (χ4n) is 2.05. The summed E-state index contributed by atoms with van der Waals surface area (Å²) in [6.45, 7) is 0. The van der Waals surface area contributed by atoms with Crippen LogP contribution in [0.4, 0.5) is 0 Å². The third-order valence-electron chi connectivity index (χ3n) is 3.20. The van der Waals surface area contributed by atoms with Gasteiger partial charge in [0, 0.05) is 11.6 Å². The molecular weight excluding hydrogens is 238 g/mol. The summed E-state index contributed by atoms with van der Waals surface area (Å²) in [7, 11) is 3.19. The first-order valence-corrected chi connectivity index (χ1v) is 6.21. The maximum Gasteiger partial charge on any atom is 0.146 e. The van der Waals surface area contributed by atoms with E-state index >= 15 is 0 Å². The van der Waals surface area contributed by atoms with Crippen LogP contribution < -0.4 is 15.2 Å². The van der Waals surface area contributed by atoms with Gasteiger partial charge < -0.3 is 15.2 Å². The molecule has 1 aliphatic carbocycles. The molecule has 1 saturated carbocycles. The molecule has 0 radical (unpaired) electrons. The molecule has 1 aromatic rings. The predicted octanol–water partition coefficient (Wildman–Crippen LogP) is 3.16. The zero-order valence-electron chi connectivity index (χ0n) is 10.2. The highest BCUT2D eigenvalue weighted by atomic mass is 35.5. The summed E-state index contributed by atoms with van der Waals surface area (Å²) in [4.78, 5) is 0. The second-order valence-corrected chi connectivity index (χ2v) is 4.87. The van der Waals surface area contributed by atoms with Gasteiger partial charge in [-0.3, -0.25) is 0 Å². The minimum absolute atomic E-state index is 0.0131. The van der Waals surface area contributed by atoms with Crippen LogP contribution >= 0.6 is 11.6 Å². The van der Waals surface area contributed by atoms with Gasteiger partial charge in [0.15, 0.2) is 0 Å². The maximum absolute atomic E-state index is 6.20. The lowest BCUT2D eigenvalue weighted by molar-refractivity contribution is 0.387. The Bertz CT molecular complexity index is 405. The first-order valence-electron chi connectivity index (χ1n) is 5.83. The quantitative estimate of drug-likeness (QED) is 0.879. The molecule has 0 amide bonds. The Labute approximate surface area is 107 Å². The lowest BCUT2D eigenvalue weighted by Gasteiger charge is -2.18. The summed E-state index contributed by atoms with van der Waals surface area (Å²) in [6, 6.07) is 3.77. The van der Waals surface area contributed by atoms with E-state index in [9.17, 15) is 0 Å². The summed E-state index contributed by atoms with van der Waals surface area (Å²) >= 11 is 6.20. The van der Waals surface area contributed by atoms with E-state index in [2.05, 4.69) is 0 Å². The van der Waals surface area contributed by atoms with Crippen molar-refractivity contribution >= 4 is 11.6 Å². The van der Waals surface area contributed by atoms with E-state index in [1.165, 1.54) is 12.8 Å². The number of nitrogens with two attached hydrogens (primary N) is 1. The topological polar surface area (TPSA) is 44.5 Å². The number of methoxy groups -OCH3 is 2. The van der Waals surface area contributed by atoms with Crippen molar-refractivity contribution in [3.63, 3.8) is 0 Å². The largest absolute Gasteiger partial charge is 0.495 e. The first-order chi connectivity index (χ1) is 8.17. The van der Waals surface area contributed by atoms with Crippen molar-refractivity contribution in [2.24, 2.45) is 11.7 Å². The molecule has 0 aliphatic heterocycles. The van der Waals surface area contributed by atoms with Gasteiger partial charge >= 0.3 is 0 Å². The predicted molar refractivity (Wildman–Crippen MR) is 68.8 cm³/mol. The number of ether oxygens (including phenoxy) is 2. The Balaban J connectivity index is 2.28. The van der Waals surface area contributed by atoms with Crippen molar-refractivity contribution in [2.75, 3.05) is 14.2 Å². The molecular formula is C13H18ClNO2. The Morgan fingerprint density at radius 1 is 1.35 bits per heavy atom. The van der Waals surface area contributed by atoms with Gasteiger partial charge in [-0.2, -0.15) is 0 Å². The molecule has 0 bridgehead atoms. The second-order valence-electron chi connectivity index (χ2n) is 4.49. The summed E-state index contributed by atoms with van der Waals surface area (Å²) in [6.07, 6.45) is 3.58. The normalized spacial score (nSPS) is 16.7. The Hall–Kier alpha value is -0.930. The van der Waals surface area contributed by atoms with Crippen LogP contribution in [-0.4, -0.2) is 14.2 Å². The Kier molecular flexibility index (Phi) is 3.79. The average molecular weight is 256 g/mol. The number of rotatable bonds is 5. The molecule has 3 nitrogen and oxygen atoms in total. The maximum atomic E-state index is 6.20. The third-order valence-corrected chi connectivity index (χ3v) is 3.56. The highest BCUT2D eigenvalue weighted by molar-refractivity contribution is 6.33. The lowest BCUT2D eigenvalue weighted by Crippen LogP contribution is -2.12. The average Bonchev–Trinajstić information content (AvgIpc) is 3.12. The summed E-state index contributed by atoms with van der Waals surface area (Å²) in [5.41, 5.74) is 7.16. The van der Waals surface area contributed by atoms with E-state index in [0.29, 0.717) is 16.5 Å². The van der Waals surface area contributed by atoms with E-state index in [0.717, 1.165) is 17.9 Å². The zero-order valence-corrected chi connectivity index (χ0v) is 11.0. The van der Waals surface area contributed by atoms with Gasteiger partial charge in [0.2, 0.25) is 0 Å². The molecule has 1 atom stereocenters. The fourth-order valence-corrected chi connectivity index (χ4v) is 2.38.